The Morgan fingerprint density at radius 2 is 1.64 bits per heavy atom. The van der Waals surface area contributed by atoms with Crippen molar-refractivity contribution in [2.24, 2.45) is 5.73 Å². The maximum atomic E-state index is 5.60. The molecule has 2 atom stereocenters. The molecule has 0 heterocycles. The zero-order valence-corrected chi connectivity index (χ0v) is 9.87. The lowest BCUT2D eigenvalue weighted by Gasteiger charge is -2.41. The molecule has 3 nitrogen and oxygen atoms in total. The molecule has 0 radical (unpaired) electrons. The van der Waals surface area contributed by atoms with Crippen molar-refractivity contribution in [1.82, 2.24) is 9.80 Å². The number of rotatable bonds is 4. The monoisotopic (exact) mass is 199 g/mol. The lowest BCUT2D eigenvalue weighted by Crippen LogP contribution is -2.50. The van der Waals surface area contributed by atoms with Crippen LogP contribution in [0.25, 0.3) is 0 Å². The lowest BCUT2D eigenvalue weighted by atomic mass is 9.88. The topological polar surface area (TPSA) is 32.5 Å². The number of hydrogen-bond donors (Lipinski definition) is 1. The van der Waals surface area contributed by atoms with Crippen molar-refractivity contribution in [3.05, 3.63) is 0 Å². The first kappa shape index (κ1) is 12.0. The maximum Gasteiger partial charge on any atom is 0.0248 e. The van der Waals surface area contributed by atoms with Crippen molar-refractivity contribution in [3.63, 3.8) is 0 Å². The van der Waals surface area contributed by atoms with E-state index in [1.807, 2.05) is 0 Å². The average molecular weight is 199 g/mol. The van der Waals surface area contributed by atoms with Gasteiger partial charge in [-0.3, -0.25) is 0 Å². The number of hydrogen-bond acceptors (Lipinski definition) is 3. The van der Waals surface area contributed by atoms with Crippen LogP contribution in [-0.4, -0.2) is 56.1 Å². The van der Waals surface area contributed by atoms with Crippen molar-refractivity contribution < 1.29 is 0 Å². The largest absolute Gasteiger partial charge is 0.329 e. The third kappa shape index (κ3) is 2.94. The summed E-state index contributed by atoms with van der Waals surface area (Å²) in [6.45, 7) is 1.79. The lowest BCUT2D eigenvalue weighted by molar-refractivity contribution is 0.0945. The van der Waals surface area contributed by atoms with Crippen molar-refractivity contribution >= 4 is 0 Å². The first-order valence-electron chi connectivity index (χ1n) is 5.73. The zero-order valence-electron chi connectivity index (χ0n) is 9.87. The van der Waals surface area contributed by atoms with Gasteiger partial charge >= 0.3 is 0 Å². The van der Waals surface area contributed by atoms with Crippen LogP contribution < -0.4 is 5.73 Å². The molecule has 3 heteroatoms. The fraction of sp³-hybridized carbons (Fsp3) is 1.00. The molecule has 2 N–H and O–H groups in total. The van der Waals surface area contributed by atoms with Gasteiger partial charge in [-0.15, -0.1) is 0 Å². The highest BCUT2D eigenvalue weighted by molar-refractivity contribution is 4.86. The molecule has 1 aliphatic carbocycles. The van der Waals surface area contributed by atoms with Gasteiger partial charge in [0.05, 0.1) is 0 Å². The third-order valence-corrected chi connectivity index (χ3v) is 3.41. The number of nitrogens with two attached hydrogens (primary N) is 1. The minimum Gasteiger partial charge on any atom is -0.329 e. The summed E-state index contributed by atoms with van der Waals surface area (Å²) >= 11 is 0. The van der Waals surface area contributed by atoms with Gasteiger partial charge < -0.3 is 15.5 Å². The number of nitrogens with zero attached hydrogens (tertiary/aromatic N) is 2. The zero-order chi connectivity index (χ0) is 10.6. The molecule has 0 amide bonds. The van der Waals surface area contributed by atoms with Crippen LogP contribution in [0.3, 0.4) is 0 Å². The van der Waals surface area contributed by atoms with Crippen molar-refractivity contribution in [2.45, 2.75) is 37.8 Å². The van der Waals surface area contributed by atoms with E-state index >= 15 is 0 Å². The van der Waals surface area contributed by atoms with E-state index in [0.29, 0.717) is 6.04 Å². The van der Waals surface area contributed by atoms with E-state index < -0.39 is 0 Å². The van der Waals surface area contributed by atoms with Gasteiger partial charge in [-0.25, -0.2) is 0 Å². The Labute approximate surface area is 88.2 Å². The first-order valence-corrected chi connectivity index (χ1v) is 5.73. The molecule has 1 fully saturated rings. The van der Waals surface area contributed by atoms with Gasteiger partial charge in [-0.05, 0) is 34.0 Å². The highest BCUT2D eigenvalue weighted by Crippen LogP contribution is 2.24. The Kier molecular flexibility index (Phi) is 4.85. The fourth-order valence-corrected chi connectivity index (χ4v) is 2.58. The quantitative estimate of drug-likeness (QED) is 0.725. The minimum absolute atomic E-state index is 0.710. The minimum atomic E-state index is 0.710. The Morgan fingerprint density at radius 1 is 1.07 bits per heavy atom. The van der Waals surface area contributed by atoms with Gasteiger partial charge in [-0.1, -0.05) is 12.8 Å². The maximum absolute atomic E-state index is 5.60. The highest BCUT2D eigenvalue weighted by Gasteiger charge is 2.28. The summed E-state index contributed by atoms with van der Waals surface area (Å²) < 4.78 is 0. The summed E-state index contributed by atoms with van der Waals surface area (Å²) in [5, 5.41) is 0. The van der Waals surface area contributed by atoms with Crippen LogP contribution in [0.2, 0.25) is 0 Å². The van der Waals surface area contributed by atoms with E-state index in [4.69, 9.17) is 5.73 Å². The molecule has 0 saturated heterocycles. The van der Waals surface area contributed by atoms with Gasteiger partial charge in [0.1, 0.15) is 0 Å². The molecule has 1 rings (SSSR count). The van der Waals surface area contributed by atoms with Crippen LogP contribution >= 0.6 is 0 Å². The molecule has 0 bridgehead atoms. The van der Waals surface area contributed by atoms with E-state index in [9.17, 15) is 0 Å². The van der Waals surface area contributed by atoms with E-state index in [1.165, 1.54) is 25.7 Å². The summed E-state index contributed by atoms with van der Waals surface area (Å²) in [6, 6.07) is 1.43. The molecule has 0 aliphatic heterocycles. The summed E-state index contributed by atoms with van der Waals surface area (Å²) in [4.78, 5) is 4.81. The molecule has 1 aliphatic rings. The molecular formula is C11H25N3. The van der Waals surface area contributed by atoms with Crippen LogP contribution in [0.1, 0.15) is 25.7 Å². The molecule has 0 spiro atoms. The molecule has 2 unspecified atom stereocenters. The van der Waals surface area contributed by atoms with E-state index in [1.54, 1.807) is 0 Å². The Hall–Kier alpha value is -0.120. The highest BCUT2D eigenvalue weighted by atomic mass is 15.2. The molecule has 0 aromatic heterocycles. The first-order chi connectivity index (χ1) is 6.66. The summed E-state index contributed by atoms with van der Waals surface area (Å²) in [5.74, 6) is 0. The van der Waals surface area contributed by atoms with Crippen molar-refractivity contribution in [3.8, 4) is 0 Å². The predicted molar refractivity (Wildman–Crippen MR) is 61.4 cm³/mol. The SMILES string of the molecule is CN(C)C1CCCCC1N(C)CCN. The van der Waals surface area contributed by atoms with Crippen LogP contribution in [0, 0.1) is 0 Å². The van der Waals surface area contributed by atoms with Gasteiger partial charge in [0.15, 0.2) is 0 Å². The van der Waals surface area contributed by atoms with Crippen LogP contribution in [0.15, 0.2) is 0 Å². The summed E-state index contributed by atoms with van der Waals surface area (Å²) in [7, 11) is 6.60. The fourth-order valence-electron chi connectivity index (χ4n) is 2.58. The van der Waals surface area contributed by atoms with Crippen LogP contribution in [0.4, 0.5) is 0 Å². The smallest absolute Gasteiger partial charge is 0.0248 e. The second-order valence-corrected chi connectivity index (χ2v) is 4.65. The molecule has 0 aromatic rings. The van der Waals surface area contributed by atoms with Gasteiger partial charge in [0.25, 0.3) is 0 Å². The average Bonchev–Trinajstić information content (AvgIpc) is 2.18. The Morgan fingerprint density at radius 3 is 2.14 bits per heavy atom. The van der Waals surface area contributed by atoms with Gasteiger partial charge in [0, 0.05) is 25.2 Å². The third-order valence-electron chi connectivity index (χ3n) is 3.41. The molecule has 1 saturated carbocycles. The second kappa shape index (κ2) is 5.69. The summed E-state index contributed by atoms with van der Waals surface area (Å²) in [5.41, 5.74) is 5.60. The molecule has 0 aromatic carbocycles. The molecular weight excluding hydrogens is 174 g/mol. The van der Waals surface area contributed by atoms with Crippen molar-refractivity contribution in [1.29, 1.82) is 0 Å². The Bertz CT molecular complexity index is 159. The van der Waals surface area contributed by atoms with Gasteiger partial charge in [-0.2, -0.15) is 0 Å². The number of likely N-dealkylation sites (N-methyl/N-ethyl adjacent to an activating group) is 2. The van der Waals surface area contributed by atoms with Gasteiger partial charge in [0.2, 0.25) is 0 Å². The van der Waals surface area contributed by atoms with Crippen LogP contribution in [0.5, 0.6) is 0 Å². The normalized spacial score (nSPS) is 28.7. The summed E-state index contributed by atoms with van der Waals surface area (Å²) in [6.07, 6.45) is 5.44. The Balaban J connectivity index is 2.53. The van der Waals surface area contributed by atoms with Crippen LogP contribution in [-0.2, 0) is 0 Å². The second-order valence-electron chi connectivity index (χ2n) is 4.65. The molecule has 84 valence electrons. The standard InChI is InChI=1S/C11H25N3/c1-13(2)10-6-4-5-7-11(10)14(3)9-8-12/h10-11H,4-9,12H2,1-3H3. The van der Waals surface area contributed by atoms with Crippen molar-refractivity contribution in [2.75, 3.05) is 34.2 Å². The predicted octanol–water partition coefficient (Wildman–Crippen LogP) is 0.750. The van der Waals surface area contributed by atoms with E-state index in [2.05, 4.69) is 30.9 Å². The van der Waals surface area contributed by atoms with E-state index in [-0.39, 0.29) is 0 Å². The van der Waals surface area contributed by atoms with E-state index in [0.717, 1.165) is 19.1 Å². The molecule has 14 heavy (non-hydrogen) atoms.